The monoisotopic (exact) mass is 296 g/mol. The Morgan fingerprint density at radius 1 is 1.33 bits per heavy atom. The molecule has 0 radical (unpaired) electrons. The van der Waals surface area contributed by atoms with Crippen molar-refractivity contribution in [2.45, 2.75) is 24.4 Å². The van der Waals surface area contributed by atoms with Crippen LogP contribution in [0.4, 0.5) is 0 Å². The summed E-state index contributed by atoms with van der Waals surface area (Å²) in [5, 5.41) is -0.0716. The number of hydrogen-bond acceptors (Lipinski definition) is 5. The minimum atomic E-state index is -3.71. The van der Waals surface area contributed by atoms with E-state index in [0.29, 0.717) is 0 Å². The van der Waals surface area contributed by atoms with Crippen LogP contribution in [-0.2, 0) is 20.0 Å². The summed E-state index contributed by atoms with van der Waals surface area (Å²) in [5.41, 5.74) is -0.930. The summed E-state index contributed by atoms with van der Waals surface area (Å²) in [7, 11) is -7.12. The van der Waals surface area contributed by atoms with Crippen molar-refractivity contribution < 1.29 is 16.8 Å². The Morgan fingerprint density at radius 2 is 1.94 bits per heavy atom. The van der Waals surface area contributed by atoms with Crippen molar-refractivity contribution >= 4 is 20.0 Å². The number of rotatable bonds is 6. The van der Waals surface area contributed by atoms with Crippen LogP contribution in [-0.4, -0.2) is 45.1 Å². The van der Waals surface area contributed by atoms with Crippen LogP contribution < -0.4 is 9.44 Å². The molecule has 0 unspecified atom stereocenters. The van der Waals surface area contributed by atoms with E-state index >= 15 is 0 Å². The highest BCUT2D eigenvalue weighted by Gasteiger charge is 2.25. The third kappa shape index (κ3) is 4.72. The highest BCUT2D eigenvalue weighted by atomic mass is 32.2. The zero-order chi connectivity index (χ0) is 14.0. The zero-order valence-corrected chi connectivity index (χ0v) is 11.9. The first-order chi connectivity index (χ1) is 8.02. The summed E-state index contributed by atoms with van der Waals surface area (Å²) in [6.45, 7) is 3.06. The predicted octanol–water partition coefficient (Wildman–Crippen LogP) is -0.984. The quantitative estimate of drug-likeness (QED) is 0.622. The highest BCUT2D eigenvalue weighted by Crippen LogP contribution is 2.06. The van der Waals surface area contributed by atoms with Gasteiger partial charge >= 0.3 is 0 Å². The first-order valence-electron chi connectivity index (χ1n) is 4.99. The Morgan fingerprint density at radius 3 is 2.39 bits per heavy atom. The number of imidazole rings is 1. The van der Waals surface area contributed by atoms with Crippen molar-refractivity contribution in [2.75, 3.05) is 12.8 Å². The van der Waals surface area contributed by atoms with E-state index in [4.69, 9.17) is 0 Å². The Balaban J connectivity index is 2.71. The molecule has 8 nitrogen and oxygen atoms in total. The van der Waals surface area contributed by atoms with E-state index in [0.717, 1.165) is 6.26 Å². The van der Waals surface area contributed by atoms with Gasteiger partial charge in [0.05, 0.1) is 18.8 Å². The molecule has 10 heteroatoms. The second-order valence-corrected chi connectivity index (χ2v) is 7.98. The van der Waals surface area contributed by atoms with Gasteiger partial charge in [-0.05, 0) is 13.8 Å². The van der Waals surface area contributed by atoms with Crippen LogP contribution in [0.15, 0.2) is 17.6 Å². The molecule has 0 aliphatic rings. The van der Waals surface area contributed by atoms with Crippen molar-refractivity contribution in [3.05, 3.63) is 12.5 Å². The second-order valence-electron chi connectivity index (χ2n) is 4.50. The van der Waals surface area contributed by atoms with Gasteiger partial charge in [0.1, 0.15) is 0 Å². The maximum Gasteiger partial charge on any atom is 0.257 e. The summed E-state index contributed by atoms with van der Waals surface area (Å²) < 4.78 is 50.3. The van der Waals surface area contributed by atoms with Gasteiger partial charge in [-0.25, -0.2) is 31.3 Å². The van der Waals surface area contributed by atoms with E-state index in [-0.39, 0.29) is 11.6 Å². The molecule has 0 amide bonds. The van der Waals surface area contributed by atoms with Gasteiger partial charge in [-0.1, -0.05) is 0 Å². The number of H-pyrrole nitrogens is 1. The van der Waals surface area contributed by atoms with Gasteiger partial charge in [0.2, 0.25) is 10.0 Å². The lowest BCUT2D eigenvalue weighted by atomic mass is 10.1. The minimum absolute atomic E-state index is 0.0716. The van der Waals surface area contributed by atoms with Crippen LogP contribution in [0.2, 0.25) is 0 Å². The molecule has 0 atom stereocenters. The number of nitrogens with one attached hydrogen (secondary N) is 3. The van der Waals surface area contributed by atoms with Crippen LogP contribution >= 0.6 is 0 Å². The summed E-state index contributed by atoms with van der Waals surface area (Å²) in [6, 6.07) is 0. The summed E-state index contributed by atoms with van der Waals surface area (Å²) in [4.78, 5) is 6.07. The van der Waals surface area contributed by atoms with Gasteiger partial charge in [-0.15, -0.1) is 0 Å². The van der Waals surface area contributed by atoms with E-state index in [1.807, 2.05) is 0 Å². The lowest BCUT2D eigenvalue weighted by molar-refractivity contribution is 0.445. The first kappa shape index (κ1) is 15.1. The summed E-state index contributed by atoms with van der Waals surface area (Å²) in [6.07, 6.45) is 3.42. The van der Waals surface area contributed by atoms with Gasteiger partial charge in [-0.3, -0.25) is 0 Å². The summed E-state index contributed by atoms with van der Waals surface area (Å²) >= 11 is 0. The van der Waals surface area contributed by atoms with E-state index in [9.17, 15) is 16.8 Å². The molecule has 0 aliphatic heterocycles. The van der Waals surface area contributed by atoms with Crippen molar-refractivity contribution in [2.24, 2.45) is 0 Å². The lowest BCUT2D eigenvalue weighted by Gasteiger charge is -2.24. The number of nitrogens with zero attached hydrogens (tertiary/aromatic N) is 1. The molecule has 1 aromatic heterocycles. The molecule has 0 aromatic carbocycles. The third-order valence-corrected chi connectivity index (χ3v) is 4.18. The largest absolute Gasteiger partial charge is 0.335 e. The predicted molar refractivity (Wildman–Crippen MR) is 65.8 cm³/mol. The fourth-order valence-electron chi connectivity index (χ4n) is 1.28. The number of aromatic nitrogens is 2. The van der Waals surface area contributed by atoms with E-state index in [1.165, 1.54) is 12.5 Å². The van der Waals surface area contributed by atoms with Gasteiger partial charge < -0.3 is 4.98 Å². The maximum atomic E-state index is 11.7. The molecule has 18 heavy (non-hydrogen) atoms. The fraction of sp³-hybridized carbons (Fsp3) is 0.625. The normalized spacial score (nSPS) is 13.7. The van der Waals surface area contributed by atoms with Crippen LogP contribution in [0.25, 0.3) is 0 Å². The van der Waals surface area contributed by atoms with Gasteiger partial charge in [-0.2, -0.15) is 0 Å². The average Bonchev–Trinajstić information content (AvgIpc) is 2.64. The fourth-order valence-corrected chi connectivity index (χ4v) is 3.47. The third-order valence-electron chi connectivity index (χ3n) is 1.93. The van der Waals surface area contributed by atoms with Crippen molar-refractivity contribution in [3.63, 3.8) is 0 Å². The smallest absolute Gasteiger partial charge is 0.257 e. The first-order valence-corrected chi connectivity index (χ1v) is 8.36. The Kier molecular flexibility index (Phi) is 4.15. The van der Waals surface area contributed by atoms with Gasteiger partial charge in [0, 0.05) is 12.1 Å². The molecule has 3 N–H and O–H groups in total. The van der Waals surface area contributed by atoms with E-state index in [2.05, 4.69) is 19.4 Å². The molecule has 0 bridgehead atoms. The molecule has 0 aliphatic carbocycles. The molecule has 104 valence electrons. The molecule has 1 heterocycles. The molecule has 0 saturated heterocycles. The molecule has 0 fully saturated rings. The average molecular weight is 296 g/mol. The topological polar surface area (TPSA) is 121 Å². The van der Waals surface area contributed by atoms with Crippen LogP contribution in [0.5, 0.6) is 0 Å². The number of hydrogen-bond donors (Lipinski definition) is 3. The molecular formula is C8H16N4O4S2. The van der Waals surface area contributed by atoms with Gasteiger partial charge in [0.25, 0.3) is 10.0 Å². The van der Waals surface area contributed by atoms with Crippen LogP contribution in [0, 0.1) is 0 Å². The Labute approximate surface area is 106 Å². The van der Waals surface area contributed by atoms with Crippen molar-refractivity contribution in [1.82, 2.24) is 19.4 Å². The lowest BCUT2D eigenvalue weighted by Crippen LogP contribution is -2.50. The van der Waals surface area contributed by atoms with E-state index in [1.54, 1.807) is 13.8 Å². The SMILES string of the molecule is CC(C)(CNS(=O)(=O)c1cnc[nH]1)NS(C)(=O)=O. The number of aromatic amines is 1. The molecule has 0 spiro atoms. The molecule has 1 rings (SSSR count). The summed E-state index contributed by atoms with van der Waals surface area (Å²) in [5.74, 6) is 0. The standard InChI is InChI=1S/C8H16N4O4S2/c1-8(2,12-17(3,13)14)5-11-18(15,16)7-4-9-6-10-7/h4,6,11-12H,5H2,1-3H3,(H,9,10). The zero-order valence-electron chi connectivity index (χ0n) is 10.3. The molecular weight excluding hydrogens is 280 g/mol. The van der Waals surface area contributed by atoms with Crippen LogP contribution in [0.3, 0.4) is 0 Å². The Bertz CT molecular complexity index is 589. The van der Waals surface area contributed by atoms with Gasteiger partial charge in [0.15, 0.2) is 5.03 Å². The minimum Gasteiger partial charge on any atom is -0.335 e. The highest BCUT2D eigenvalue weighted by molar-refractivity contribution is 7.89. The van der Waals surface area contributed by atoms with Crippen molar-refractivity contribution in [3.8, 4) is 0 Å². The second kappa shape index (κ2) is 4.96. The van der Waals surface area contributed by atoms with E-state index < -0.39 is 25.6 Å². The Hall–Kier alpha value is -0.970. The van der Waals surface area contributed by atoms with Crippen molar-refractivity contribution in [1.29, 1.82) is 0 Å². The molecule has 0 saturated carbocycles. The maximum absolute atomic E-state index is 11.7. The van der Waals surface area contributed by atoms with Crippen LogP contribution in [0.1, 0.15) is 13.8 Å². The number of sulfonamides is 2. The molecule has 1 aromatic rings.